The van der Waals surface area contributed by atoms with Crippen molar-refractivity contribution in [2.24, 2.45) is 17.8 Å². The fraction of sp³-hybridized carbons (Fsp3) is 0.765. The lowest BCUT2D eigenvalue weighted by atomic mass is 9.87. The topological polar surface area (TPSA) is 86.6 Å². The van der Waals surface area contributed by atoms with Crippen molar-refractivity contribution in [3.63, 3.8) is 0 Å². The predicted molar refractivity (Wildman–Crippen MR) is 96.9 cm³/mol. The first-order valence-electron chi connectivity index (χ1n) is 9.14. The van der Waals surface area contributed by atoms with Gasteiger partial charge in [-0.1, -0.05) is 0 Å². The second kappa shape index (κ2) is 5.94. The summed E-state index contributed by atoms with van der Waals surface area (Å²) in [7, 11) is -3.07. The van der Waals surface area contributed by atoms with Crippen LogP contribution in [0, 0.1) is 17.8 Å². The Kier molecular flexibility index (Phi) is 4.18. The fourth-order valence-corrected chi connectivity index (χ4v) is 5.57. The van der Waals surface area contributed by atoms with Gasteiger partial charge in [0.15, 0.2) is 5.69 Å². The van der Waals surface area contributed by atoms with E-state index in [4.69, 9.17) is 0 Å². The quantitative estimate of drug-likeness (QED) is 0.783. The first kappa shape index (κ1) is 19.7. The van der Waals surface area contributed by atoms with Crippen molar-refractivity contribution in [3.8, 4) is 0 Å². The number of alkyl halides is 3. The summed E-state index contributed by atoms with van der Waals surface area (Å²) in [4.78, 5) is 11.3. The zero-order valence-electron chi connectivity index (χ0n) is 15.8. The molecule has 1 N–H and O–H groups in total. The van der Waals surface area contributed by atoms with Gasteiger partial charge >= 0.3 is 6.18 Å². The summed E-state index contributed by atoms with van der Waals surface area (Å²) in [5, 5.41) is 10.1. The predicted octanol–water partition coefficient (Wildman–Crippen LogP) is 1.18. The van der Waals surface area contributed by atoms with E-state index in [2.05, 4.69) is 9.97 Å². The molecule has 0 aromatic carbocycles. The van der Waals surface area contributed by atoms with Gasteiger partial charge in [0.1, 0.15) is 15.7 Å². The van der Waals surface area contributed by atoms with Crippen LogP contribution in [0.25, 0.3) is 0 Å². The van der Waals surface area contributed by atoms with E-state index in [1.54, 1.807) is 23.6 Å². The number of hydrogen-bond donors (Lipinski definition) is 1. The van der Waals surface area contributed by atoms with E-state index in [1.165, 1.54) is 6.26 Å². The molecule has 2 aliphatic heterocycles. The largest absolute Gasteiger partial charge is 0.433 e. The molecule has 0 amide bonds. The van der Waals surface area contributed by atoms with Crippen LogP contribution in [-0.2, 0) is 16.0 Å². The number of aliphatic hydroxyl groups is 1. The number of piperidine rings is 1. The van der Waals surface area contributed by atoms with Gasteiger partial charge in [0.2, 0.25) is 5.95 Å². The summed E-state index contributed by atoms with van der Waals surface area (Å²) in [6, 6.07) is 0.553. The molecular formula is C17H23F3N4O3S. The second-order valence-electron chi connectivity index (χ2n) is 8.56. The maximum Gasteiger partial charge on any atom is 0.433 e. The summed E-state index contributed by atoms with van der Waals surface area (Å²) in [5.74, 6) is 0.704. The maximum atomic E-state index is 13.4. The molecule has 11 heteroatoms. The Labute approximate surface area is 161 Å². The Morgan fingerprint density at radius 2 is 1.89 bits per heavy atom. The average molecular weight is 420 g/mol. The number of aromatic nitrogens is 2. The highest BCUT2D eigenvalue weighted by Gasteiger charge is 2.57. The van der Waals surface area contributed by atoms with Crippen molar-refractivity contribution in [1.82, 2.24) is 9.97 Å². The maximum absolute atomic E-state index is 13.4. The molecule has 1 aliphatic carbocycles. The van der Waals surface area contributed by atoms with Crippen molar-refractivity contribution in [1.29, 1.82) is 0 Å². The Morgan fingerprint density at radius 3 is 2.36 bits per heavy atom. The molecule has 0 radical (unpaired) electrons. The summed E-state index contributed by atoms with van der Waals surface area (Å²) in [5.41, 5.74) is -2.01. The van der Waals surface area contributed by atoms with E-state index in [0.717, 1.165) is 6.07 Å². The monoisotopic (exact) mass is 420 g/mol. The van der Waals surface area contributed by atoms with Crippen LogP contribution in [0.15, 0.2) is 6.07 Å². The number of anilines is 2. The lowest BCUT2D eigenvalue weighted by Crippen LogP contribution is -2.67. The minimum atomic E-state index is -4.61. The van der Waals surface area contributed by atoms with Gasteiger partial charge < -0.3 is 14.9 Å². The molecular weight excluding hydrogens is 397 g/mol. The van der Waals surface area contributed by atoms with Gasteiger partial charge in [-0.25, -0.2) is 13.4 Å². The average Bonchev–Trinajstić information content (AvgIpc) is 3.00. The van der Waals surface area contributed by atoms with E-state index < -0.39 is 33.4 Å². The summed E-state index contributed by atoms with van der Waals surface area (Å²) in [6.07, 6.45) is -3.40. The van der Waals surface area contributed by atoms with Crippen LogP contribution in [0.4, 0.5) is 24.9 Å². The lowest BCUT2D eigenvalue weighted by Gasteiger charge is -2.51. The van der Waals surface area contributed by atoms with Gasteiger partial charge in [-0.3, -0.25) is 0 Å². The molecule has 3 heterocycles. The van der Waals surface area contributed by atoms with Crippen molar-refractivity contribution in [2.45, 2.75) is 31.7 Å². The van der Waals surface area contributed by atoms with Crippen molar-refractivity contribution in [3.05, 3.63) is 11.8 Å². The molecule has 4 rings (SSSR count). The number of halogens is 3. The second-order valence-corrected chi connectivity index (χ2v) is 10.7. The van der Waals surface area contributed by atoms with Crippen LogP contribution in [0.5, 0.6) is 0 Å². The Hall–Kier alpha value is -1.62. The number of hydrogen-bond acceptors (Lipinski definition) is 7. The smallest absolute Gasteiger partial charge is 0.386 e. The third-order valence-corrected chi connectivity index (χ3v) is 7.29. The van der Waals surface area contributed by atoms with Crippen molar-refractivity contribution >= 4 is 21.6 Å². The number of rotatable bonds is 4. The highest BCUT2D eigenvalue weighted by Crippen LogP contribution is 2.53. The SMILES string of the molecule is C[C@@H]1N(c2nc(N3C[C@@H]4[C@H](C3)[C@H]4CS(C)(=O)=O)cc(C(F)(F)F)n2)C[C@@]1(C)O. The zero-order valence-corrected chi connectivity index (χ0v) is 16.6. The molecule has 1 saturated carbocycles. The van der Waals surface area contributed by atoms with E-state index in [-0.39, 0.29) is 41.8 Å². The highest BCUT2D eigenvalue weighted by atomic mass is 32.2. The molecule has 7 nitrogen and oxygen atoms in total. The van der Waals surface area contributed by atoms with E-state index >= 15 is 0 Å². The molecule has 0 unspecified atom stereocenters. The van der Waals surface area contributed by atoms with Crippen LogP contribution in [-0.4, -0.2) is 66.8 Å². The van der Waals surface area contributed by atoms with Crippen LogP contribution >= 0.6 is 0 Å². The van der Waals surface area contributed by atoms with Gasteiger partial charge in [0, 0.05) is 25.4 Å². The molecule has 28 heavy (non-hydrogen) atoms. The van der Waals surface area contributed by atoms with Crippen LogP contribution < -0.4 is 9.80 Å². The van der Waals surface area contributed by atoms with Gasteiger partial charge in [-0.15, -0.1) is 0 Å². The number of β-amino-alcohol motifs (C(OH)–C–C–N with tert-alkyl or cyclic N) is 1. The standard InChI is InChI=1S/C17H23F3N4O3S/c1-9-16(2,25)8-24(9)15-21-13(17(18,19)20)4-14(22-15)23-5-10-11(6-23)12(10)7-28(3,26)27/h4,9-12,25H,5-8H2,1-3H3/t9-,10-,11+,12+,16+/m0/s1. The molecule has 1 aromatic rings. The fourth-order valence-electron chi connectivity index (χ4n) is 4.37. The molecule has 5 atom stereocenters. The molecule has 2 saturated heterocycles. The van der Waals surface area contributed by atoms with Gasteiger partial charge in [0.25, 0.3) is 0 Å². The number of sulfone groups is 1. The molecule has 3 fully saturated rings. The minimum Gasteiger partial charge on any atom is -0.386 e. The lowest BCUT2D eigenvalue weighted by molar-refractivity contribution is -0.141. The summed E-state index contributed by atoms with van der Waals surface area (Å²) < 4.78 is 63.0. The Bertz CT molecular complexity index is 893. The zero-order chi connectivity index (χ0) is 20.6. The number of fused-ring (bicyclic) bond motifs is 1. The van der Waals surface area contributed by atoms with Gasteiger partial charge in [0.05, 0.1) is 23.9 Å². The summed E-state index contributed by atoms with van der Waals surface area (Å²) >= 11 is 0. The molecule has 3 aliphatic rings. The van der Waals surface area contributed by atoms with Crippen LogP contribution in [0.1, 0.15) is 19.5 Å². The first-order chi connectivity index (χ1) is 12.8. The number of nitrogens with zero attached hydrogens (tertiary/aromatic N) is 4. The summed E-state index contributed by atoms with van der Waals surface area (Å²) in [6.45, 7) is 4.49. The van der Waals surface area contributed by atoms with E-state index in [9.17, 15) is 26.7 Å². The van der Waals surface area contributed by atoms with Gasteiger partial charge in [-0.05, 0) is 31.6 Å². The third kappa shape index (κ3) is 3.42. The first-order valence-corrected chi connectivity index (χ1v) is 11.2. The normalized spacial score (nSPS) is 35.0. The van der Waals surface area contributed by atoms with Gasteiger partial charge in [-0.2, -0.15) is 18.2 Å². The van der Waals surface area contributed by atoms with Crippen molar-refractivity contribution in [2.75, 3.05) is 41.4 Å². The minimum absolute atomic E-state index is 0.0443. The molecule has 0 bridgehead atoms. The van der Waals surface area contributed by atoms with Crippen molar-refractivity contribution < 1.29 is 26.7 Å². The van der Waals surface area contributed by atoms with E-state index in [0.29, 0.717) is 13.1 Å². The van der Waals surface area contributed by atoms with E-state index in [1.807, 2.05) is 0 Å². The van der Waals surface area contributed by atoms with Crippen LogP contribution in [0.2, 0.25) is 0 Å². The highest BCUT2D eigenvalue weighted by molar-refractivity contribution is 7.90. The van der Waals surface area contributed by atoms with Crippen LogP contribution in [0.3, 0.4) is 0 Å². The molecule has 1 aromatic heterocycles. The molecule has 156 valence electrons. The Balaban J connectivity index is 1.56. The third-order valence-electron chi connectivity index (χ3n) is 6.30. The Morgan fingerprint density at radius 1 is 1.29 bits per heavy atom. The molecule has 0 spiro atoms.